The van der Waals surface area contributed by atoms with E-state index in [1.54, 1.807) is 0 Å². The zero-order valence-corrected chi connectivity index (χ0v) is 14.3. The van der Waals surface area contributed by atoms with Gasteiger partial charge in [0.25, 0.3) is 0 Å². The summed E-state index contributed by atoms with van der Waals surface area (Å²) in [5.41, 5.74) is 0. The van der Waals surface area contributed by atoms with Crippen molar-refractivity contribution in [1.29, 1.82) is 0 Å². The van der Waals surface area contributed by atoms with E-state index in [9.17, 15) is 14.7 Å². The van der Waals surface area contributed by atoms with Gasteiger partial charge in [-0.05, 0) is 0 Å². The number of aliphatic hydroxyl groups excluding tert-OH is 1. The predicted octanol–water partition coefficient (Wildman–Crippen LogP) is -1.04. The monoisotopic (exact) mass is 370 g/mol. The lowest BCUT2D eigenvalue weighted by Crippen LogP contribution is -2.34. The molecule has 0 bridgehead atoms. The van der Waals surface area contributed by atoms with Crippen LogP contribution in [0, 0.1) is 5.92 Å². The summed E-state index contributed by atoms with van der Waals surface area (Å²) < 4.78 is 32.5. The Hall–Kier alpha value is -1.52. The van der Waals surface area contributed by atoms with Crippen LogP contribution in [0.1, 0.15) is 6.92 Å². The molecule has 0 unspecified atom stereocenters. The largest absolute Gasteiger partial charge is 0.454 e. The summed E-state index contributed by atoms with van der Waals surface area (Å²) in [6, 6.07) is 0. The Kier molecular flexibility index (Phi) is 4.98. The summed E-state index contributed by atoms with van der Waals surface area (Å²) in [5, 5.41) is 9.66. The maximum Gasteiger partial charge on any atom is 0.331 e. The van der Waals surface area contributed by atoms with Gasteiger partial charge in [-0.3, -0.25) is 0 Å². The van der Waals surface area contributed by atoms with Gasteiger partial charge in [-0.1, -0.05) is 6.92 Å². The third-order valence-electron chi connectivity index (χ3n) is 5.13. The first-order valence-electron chi connectivity index (χ1n) is 8.76. The zero-order valence-electron chi connectivity index (χ0n) is 14.3. The van der Waals surface area contributed by atoms with Crippen LogP contribution < -0.4 is 0 Å². The maximum atomic E-state index is 11.9. The van der Waals surface area contributed by atoms with E-state index in [4.69, 9.17) is 28.4 Å². The average Bonchev–Trinajstić information content (AvgIpc) is 3.35. The molecular formula is C17H22O9. The molecule has 9 heteroatoms. The molecule has 144 valence electrons. The van der Waals surface area contributed by atoms with Crippen molar-refractivity contribution in [2.24, 2.45) is 5.92 Å². The van der Waals surface area contributed by atoms with E-state index in [-0.39, 0.29) is 37.9 Å². The van der Waals surface area contributed by atoms with Gasteiger partial charge in [0.05, 0.1) is 32.5 Å². The zero-order chi connectivity index (χ0) is 18.3. The first-order chi connectivity index (χ1) is 12.5. The van der Waals surface area contributed by atoms with Gasteiger partial charge in [0.15, 0.2) is 12.2 Å². The molecule has 0 aromatic heterocycles. The Morgan fingerprint density at radius 2 is 1.31 bits per heavy atom. The number of ether oxygens (including phenoxy) is 6. The minimum Gasteiger partial charge on any atom is -0.454 e. The second-order valence-electron chi connectivity index (χ2n) is 7.02. The summed E-state index contributed by atoms with van der Waals surface area (Å²) in [6.45, 7) is 3.18. The highest BCUT2D eigenvalue weighted by Crippen LogP contribution is 2.32. The molecular weight excluding hydrogens is 348 g/mol. The minimum atomic E-state index is -0.716. The van der Waals surface area contributed by atoms with E-state index >= 15 is 0 Å². The lowest BCUT2D eigenvalue weighted by atomic mass is 10.0. The summed E-state index contributed by atoms with van der Waals surface area (Å²) in [7, 11) is 0. The third kappa shape index (κ3) is 3.37. The van der Waals surface area contributed by atoms with Crippen molar-refractivity contribution >= 4 is 11.9 Å². The van der Waals surface area contributed by atoms with Gasteiger partial charge < -0.3 is 33.5 Å². The molecule has 0 amide bonds. The molecule has 4 aliphatic rings. The van der Waals surface area contributed by atoms with Gasteiger partial charge in [0.2, 0.25) is 0 Å². The van der Waals surface area contributed by atoms with Gasteiger partial charge in [0.1, 0.15) is 24.4 Å². The highest BCUT2D eigenvalue weighted by Gasteiger charge is 2.49. The molecule has 1 N–H and O–H groups in total. The van der Waals surface area contributed by atoms with Crippen molar-refractivity contribution < 1.29 is 43.1 Å². The van der Waals surface area contributed by atoms with E-state index in [2.05, 4.69) is 0 Å². The minimum absolute atomic E-state index is 0.0566. The van der Waals surface area contributed by atoms with Crippen molar-refractivity contribution in [1.82, 2.24) is 0 Å². The van der Waals surface area contributed by atoms with E-state index in [0.717, 1.165) is 12.2 Å². The number of hydrogen-bond donors (Lipinski definition) is 1. The summed E-state index contributed by atoms with van der Waals surface area (Å²) in [4.78, 5) is 23.8. The molecule has 4 aliphatic heterocycles. The second kappa shape index (κ2) is 7.24. The molecule has 0 aliphatic carbocycles. The molecule has 4 heterocycles. The molecule has 9 nitrogen and oxygen atoms in total. The Morgan fingerprint density at radius 3 is 1.96 bits per heavy atom. The highest BCUT2D eigenvalue weighted by atomic mass is 16.6. The Bertz CT molecular complexity index is 541. The van der Waals surface area contributed by atoms with Crippen LogP contribution in [0.4, 0.5) is 0 Å². The lowest BCUT2D eigenvalue weighted by molar-refractivity contribution is -0.150. The smallest absolute Gasteiger partial charge is 0.331 e. The number of aliphatic hydroxyl groups is 1. The van der Waals surface area contributed by atoms with Crippen LogP contribution >= 0.6 is 0 Å². The van der Waals surface area contributed by atoms with Gasteiger partial charge in [0, 0.05) is 18.1 Å². The van der Waals surface area contributed by atoms with E-state index in [1.165, 1.54) is 0 Å². The first kappa shape index (κ1) is 17.9. The maximum absolute atomic E-state index is 11.9. The number of carbonyl (C=O) groups excluding carboxylic acids is 2. The number of hydrogen-bond acceptors (Lipinski definition) is 9. The van der Waals surface area contributed by atoms with Crippen LogP contribution in [0.2, 0.25) is 0 Å². The van der Waals surface area contributed by atoms with Gasteiger partial charge in [-0.25, -0.2) is 9.59 Å². The normalized spacial score (nSPS) is 44.2. The lowest BCUT2D eigenvalue weighted by Gasteiger charge is -2.16. The number of rotatable bonds is 4. The van der Waals surface area contributed by atoms with Crippen molar-refractivity contribution in [3.05, 3.63) is 12.2 Å². The van der Waals surface area contributed by atoms with Crippen LogP contribution in [0.3, 0.4) is 0 Å². The Morgan fingerprint density at radius 1 is 0.808 bits per heavy atom. The first-order valence-corrected chi connectivity index (χ1v) is 8.76. The van der Waals surface area contributed by atoms with Gasteiger partial charge >= 0.3 is 11.9 Å². The molecule has 0 aromatic carbocycles. The van der Waals surface area contributed by atoms with E-state index in [1.807, 2.05) is 6.92 Å². The summed E-state index contributed by atoms with van der Waals surface area (Å²) >= 11 is 0. The van der Waals surface area contributed by atoms with Gasteiger partial charge in [-0.2, -0.15) is 0 Å². The standard InChI is InChI=1S/C17H22O9/c1-8-4-21-16-10(6-23-14(8)16)25-12(19)2-3-13(20)26-11-7-24-15-9(18)5-22-17(11)15/h2-3,8-11,14-18H,4-7H2,1H3/b3-2+/t8-,9-,10-,11+,14-,15-,16-,17-/m1/s1. The number of carbonyl (C=O) groups is 2. The van der Waals surface area contributed by atoms with Crippen LogP contribution in [-0.4, -0.2) is 86.2 Å². The van der Waals surface area contributed by atoms with Gasteiger partial charge in [-0.15, -0.1) is 0 Å². The van der Waals surface area contributed by atoms with E-state index in [0.29, 0.717) is 6.61 Å². The molecule has 4 saturated heterocycles. The molecule has 0 saturated carbocycles. The number of esters is 2. The van der Waals surface area contributed by atoms with Crippen molar-refractivity contribution in [3.8, 4) is 0 Å². The fourth-order valence-electron chi connectivity index (χ4n) is 3.81. The van der Waals surface area contributed by atoms with Crippen LogP contribution in [0.15, 0.2) is 12.2 Å². The fourth-order valence-corrected chi connectivity index (χ4v) is 3.81. The molecule has 0 aromatic rings. The summed E-state index contributed by atoms with van der Waals surface area (Å²) in [6.07, 6.45) is -1.05. The predicted molar refractivity (Wildman–Crippen MR) is 83.0 cm³/mol. The fraction of sp³-hybridized carbons (Fsp3) is 0.765. The Balaban J connectivity index is 1.24. The molecule has 4 rings (SSSR count). The average molecular weight is 370 g/mol. The Labute approximate surface area is 150 Å². The van der Waals surface area contributed by atoms with Crippen LogP contribution in [0.5, 0.6) is 0 Å². The van der Waals surface area contributed by atoms with E-state index < -0.39 is 42.5 Å². The molecule has 4 fully saturated rings. The van der Waals surface area contributed by atoms with Crippen LogP contribution in [-0.2, 0) is 38.0 Å². The molecule has 26 heavy (non-hydrogen) atoms. The topological polar surface area (TPSA) is 110 Å². The molecule has 0 spiro atoms. The van der Waals surface area contributed by atoms with Crippen LogP contribution in [0.25, 0.3) is 0 Å². The van der Waals surface area contributed by atoms with Crippen molar-refractivity contribution in [2.75, 3.05) is 26.4 Å². The third-order valence-corrected chi connectivity index (χ3v) is 5.13. The molecule has 0 radical (unpaired) electrons. The highest BCUT2D eigenvalue weighted by molar-refractivity contribution is 5.91. The SMILES string of the molecule is C[C@@H]1CO[C@H]2[C@@H]1OC[C@H]2OC(=O)/C=C/C(=O)O[C@H]1CO[C@H]2[C@@H]1OC[C@H]2O. The molecule has 8 atom stereocenters. The number of fused-ring (bicyclic) bond motifs is 2. The second-order valence-corrected chi connectivity index (χ2v) is 7.02. The quantitative estimate of drug-likeness (QED) is 0.490. The summed E-state index contributed by atoms with van der Waals surface area (Å²) in [5.74, 6) is -1.09. The van der Waals surface area contributed by atoms with Crippen molar-refractivity contribution in [2.45, 2.75) is 49.7 Å². The van der Waals surface area contributed by atoms with Crippen molar-refractivity contribution in [3.63, 3.8) is 0 Å².